The number of para-hydroxylation sites is 1. The van der Waals surface area contributed by atoms with Gasteiger partial charge in [-0.2, -0.15) is 0 Å². The van der Waals surface area contributed by atoms with Gasteiger partial charge in [-0.1, -0.05) is 36.4 Å². The number of nitrogens with one attached hydrogen (secondary N) is 1. The van der Waals surface area contributed by atoms with Crippen LogP contribution in [0.4, 0.5) is 5.82 Å². The Bertz CT molecular complexity index is 1450. The Morgan fingerprint density at radius 1 is 0.939 bits per heavy atom. The van der Waals surface area contributed by atoms with E-state index in [0.717, 1.165) is 70.6 Å². The Balaban J connectivity index is 1.61. The van der Waals surface area contributed by atoms with Crippen LogP contribution < -0.4 is 5.32 Å². The van der Waals surface area contributed by atoms with E-state index in [0.29, 0.717) is 6.04 Å². The van der Waals surface area contributed by atoms with Gasteiger partial charge in [0, 0.05) is 53.8 Å². The molecule has 5 aromatic rings. The van der Waals surface area contributed by atoms with Gasteiger partial charge in [0.1, 0.15) is 12.1 Å². The van der Waals surface area contributed by atoms with Gasteiger partial charge in [-0.15, -0.1) is 0 Å². The van der Waals surface area contributed by atoms with Crippen molar-refractivity contribution in [2.45, 2.75) is 25.8 Å². The zero-order valence-electron chi connectivity index (χ0n) is 18.5. The molecule has 0 atom stereocenters. The third kappa shape index (κ3) is 3.62. The summed E-state index contributed by atoms with van der Waals surface area (Å²) in [4.78, 5) is 14.1. The average Bonchev–Trinajstić information content (AvgIpc) is 3.25. The highest BCUT2D eigenvalue weighted by molar-refractivity contribution is 6.07. The molecule has 0 amide bonds. The summed E-state index contributed by atoms with van der Waals surface area (Å²) in [6, 6.07) is 19.2. The molecule has 4 heterocycles. The summed E-state index contributed by atoms with van der Waals surface area (Å²) in [6.45, 7) is 3.66. The van der Waals surface area contributed by atoms with Crippen LogP contribution in [0.25, 0.3) is 38.8 Å². The molecule has 6 rings (SSSR count). The number of aryl methyl sites for hydroxylation is 1. The molecule has 0 aliphatic carbocycles. The van der Waals surface area contributed by atoms with Crippen molar-refractivity contribution < 1.29 is 4.74 Å². The van der Waals surface area contributed by atoms with E-state index in [1.165, 1.54) is 5.56 Å². The molecule has 6 nitrogen and oxygen atoms in total. The lowest BCUT2D eigenvalue weighted by molar-refractivity contribution is 0.0904. The molecule has 6 heteroatoms. The Morgan fingerprint density at radius 3 is 2.67 bits per heavy atom. The number of pyridine rings is 1. The second kappa shape index (κ2) is 8.30. The van der Waals surface area contributed by atoms with E-state index in [9.17, 15) is 0 Å². The third-order valence-electron chi connectivity index (χ3n) is 6.35. The van der Waals surface area contributed by atoms with E-state index in [1.54, 1.807) is 6.33 Å². The summed E-state index contributed by atoms with van der Waals surface area (Å²) >= 11 is 0. The predicted molar refractivity (Wildman–Crippen MR) is 132 cm³/mol. The van der Waals surface area contributed by atoms with Crippen LogP contribution >= 0.6 is 0 Å². The second-order valence-electron chi connectivity index (χ2n) is 8.58. The average molecular weight is 436 g/mol. The van der Waals surface area contributed by atoms with E-state index >= 15 is 0 Å². The van der Waals surface area contributed by atoms with Gasteiger partial charge in [0.25, 0.3) is 0 Å². The number of hydrogen-bond donors (Lipinski definition) is 1. The van der Waals surface area contributed by atoms with Crippen LogP contribution in [0, 0.1) is 6.92 Å². The minimum atomic E-state index is 0.331. The van der Waals surface area contributed by atoms with Crippen LogP contribution in [0.2, 0.25) is 0 Å². The molecule has 0 radical (unpaired) electrons. The zero-order valence-corrected chi connectivity index (χ0v) is 18.5. The van der Waals surface area contributed by atoms with Crippen LogP contribution in [0.1, 0.15) is 18.4 Å². The van der Waals surface area contributed by atoms with Gasteiger partial charge >= 0.3 is 0 Å². The molecule has 33 heavy (non-hydrogen) atoms. The first kappa shape index (κ1) is 19.9. The van der Waals surface area contributed by atoms with E-state index in [1.807, 2.05) is 12.3 Å². The third-order valence-corrected chi connectivity index (χ3v) is 6.35. The first-order valence-electron chi connectivity index (χ1n) is 11.4. The normalized spacial score (nSPS) is 14.7. The molecule has 164 valence electrons. The Labute approximate surface area is 192 Å². The maximum Gasteiger partial charge on any atom is 0.150 e. The minimum absolute atomic E-state index is 0.331. The summed E-state index contributed by atoms with van der Waals surface area (Å²) in [6.07, 6.45) is 7.61. The van der Waals surface area contributed by atoms with Crippen LogP contribution in [0.15, 0.2) is 73.3 Å². The van der Waals surface area contributed by atoms with Crippen LogP contribution in [0.5, 0.6) is 0 Å². The van der Waals surface area contributed by atoms with E-state index < -0.39 is 0 Å². The highest BCUT2D eigenvalue weighted by Gasteiger charge is 2.22. The molecule has 2 aromatic carbocycles. The minimum Gasteiger partial charge on any atom is -0.381 e. The Morgan fingerprint density at radius 2 is 1.79 bits per heavy atom. The van der Waals surface area contributed by atoms with Crippen LogP contribution in [-0.4, -0.2) is 38.8 Å². The molecule has 0 saturated carbocycles. The van der Waals surface area contributed by atoms with Crippen molar-refractivity contribution in [1.82, 2.24) is 19.5 Å². The zero-order chi connectivity index (χ0) is 22.2. The molecule has 1 fully saturated rings. The standard InChI is InChI=1S/C27H25N5O/c1-18-5-2-8-21(15-18)32-16-23(22-9-3-6-19-7-4-12-28-25(19)22)24-26(29-17-30-27(24)32)31-20-10-13-33-14-11-20/h2-9,12,15-17,20H,10-11,13-14H2,1H3,(H,29,30,31). The molecular weight excluding hydrogens is 410 g/mol. The first-order valence-corrected chi connectivity index (χ1v) is 11.4. The molecule has 1 N–H and O–H groups in total. The lowest BCUT2D eigenvalue weighted by Crippen LogP contribution is -2.28. The monoisotopic (exact) mass is 435 g/mol. The molecule has 0 spiro atoms. The lowest BCUT2D eigenvalue weighted by atomic mass is 10.0. The summed E-state index contributed by atoms with van der Waals surface area (Å²) in [7, 11) is 0. The number of rotatable bonds is 4. The molecule has 1 aliphatic heterocycles. The van der Waals surface area contributed by atoms with Crippen molar-refractivity contribution in [3.8, 4) is 16.8 Å². The van der Waals surface area contributed by atoms with E-state index in [4.69, 9.17) is 19.7 Å². The van der Waals surface area contributed by atoms with E-state index in [2.05, 4.69) is 71.5 Å². The summed E-state index contributed by atoms with van der Waals surface area (Å²) in [5.41, 5.74) is 6.30. The SMILES string of the molecule is Cc1cccc(-n2cc(-c3cccc4cccnc34)c3c(NC4CCOCC4)ncnc32)c1. The Hall–Kier alpha value is -3.77. The lowest BCUT2D eigenvalue weighted by Gasteiger charge is -2.24. The molecule has 0 unspecified atom stereocenters. The first-order chi connectivity index (χ1) is 16.3. The molecule has 3 aromatic heterocycles. The number of ether oxygens (including phenoxy) is 1. The molecule has 1 saturated heterocycles. The van der Waals surface area contributed by atoms with Gasteiger partial charge in [-0.3, -0.25) is 4.98 Å². The maximum absolute atomic E-state index is 5.55. The fourth-order valence-corrected chi connectivity index (χ4v) is 4.71. The van der Waals surface area contributed by atoms with Crippen molar-refractivity contribution in [1.29, 1.82) is 0 Å². The van der Waals surface area contributed by atoms with Crippen molar-refractivity contribution in [2.24, 2.45) is 0 Å². The number of nitrogens with zero attached hydrogens (tertiary/aromatic N) is 4. The number of aromatic nitrogens is 4. The van der Waals surface area contributed by atoms with Gasteiger partial charge in [0.2, 0.25) is 0 Å². The Kier molecular flexibility index (Phi) is 5.00. The van der Waals surface area contributed by atoms with Crippen molar-refractivity contribution in [3.63, 3.8) is 0 Å². The summed E-state index contributed by atoms with van der Waals surface area (Å²) < 4.78 is 7.72. The fraction of sp³-hybridized carbons (Fsp3) is 0.222. The molecular formula is C27H25N5O. The number of benzene rings is 2. The summed E-state index contributed by atoms with van der Waals surface area (Å²) in [5.74, 6) is 0.862. The van der Waals surface area contributed by atoms with Crippen molar-refractivity contribution >= 4 is 27.8 Å². The van der Waals surface area contributed by atoms with Gasteiger partial charge in [0.15, 0.2) is 5.65 Å². The highest BCUT2D eigenvalue weighted by Crippen LogP contribution is 2.38. The van der Waals surface area contributed by atoms with Gasteiger partial charge in [-0.05, 0) is 43.5 Å². The van der Waals surface area contributed by atoms with Crippen LogP contribution in [-0.2, 0) is 4.74 Å². The molecule has 1 aliphatic rings. The second-order valence-corrected chi connectivity index (χ2v) is 8.58. The smallest absolute Gasteiger partial charge is 0.150 e. The van der Waals surface area contributed by atoms with Gasteiger partial charge in [-0.25, -0.2) is 9.97 Å². The number of fused-ring (bicyclic) bond motifs is 2. The number of anilines is 1. The fourth-order valence-electron chi connectivity index (χ4n) is 4.71. The van der Waals surface area contributed by atoms with Crippen molar-refractivity contribution in [2.75, 3.05) is 18.5 Å². The van der Waals surface area contributed by atoms with Gasteiger partial charge < -0.3 is 14.6 Å². The number of hydrogen-bond acceptors (Lipinski definition) is 5. The largest absolute Gasteiger partial charge is 0.381 e. The summed E-state index contributed by atoms with van der Waals surface area (Å²) in [5, 5.41) is 5.82. The molecule has 0 bridgehead atoms. The van der Waals surface area contributed by atoms with Crippen molar-refractivity contribution in [3.05, 3.63) is 78.9 Å². The van der Waals surface area contributed by atoms with Gasteiger partial charge in [0.05, 0.1) is 10.9 Å². The maximum atomic E-state index is 5.55. The quantitative estimate of drug-likeness (QED) is 0.402. The van der Waals surface area contributed by atoms with Crippen LogP contribution in [0.3, 0.4) is 0 Å². The topological polar surface area (TPSA) is 64.9 Å². The van der Waals surface area contributed by atoms with E-state index in [-0.39, 0.29) is 0 Å². The predicted octanol–water partition coefficient (Wildman–Crippen LogP) is 5.54. The highest BCUT2D eigenvalue weighted by atomic mass is 16.5.